The van der Waals surface area contributed by atoms with Crippen molar-refractivity contribution >= 4 is 46.1 Å². The molecular formula is C32H36ClFN6O4. The number of fused-ring (bicyclic) bond motifs is 2. The van der Waals surface area contributed by atoms with E-state index in [9.17, 15) is 9.18 Å². The van der Waals surface area contributed by atoms with E-state index in [1.807, 2.05) is 7.05 Å². The van der Waals surface area contributed by atoms with E-state index in [0.717, 1.165) is 39.4 Å². The molecule has 3 aliphatic rings. The van der Waals surface area contributed by atoms with Gasteiger partial charge >= 0.3 is 0 Å². The maximum atomic E-state index is 13.5. The molecule has 0 bridgehead atoms. The quantitative estimate of drug-likeness (QED) is 0.239. The number of carbonyl (C=O) groups is 1. The number of rotatable bonds is 6. The minimum Gasteiger partial charge on any atom is -0.377 e. The van der Waals surface area contributed by atoms with E-state index < -0.39 is 5.82 Å². The van der Waals surface area contributed by atoms with Gasteiger partial charge in [-0.15, -0.1) is 0 Å². The smallest absolute Gasteiger partial charge is 0.211 e. The van der Waals surface area contributed by atoms with E-state index in [1.54, 1.807) is 18.2 Å². The molecule has 3 atom stereocenters. The Hall–Kier alpha value is -3.63. The lowest BCUT2D eigenvalue weighted by molar-refractivity contribution is -0.116. The Morgan fingerprint density at radius 3 is 2.64 bits per heavy atom. The summed E-state index contributed by atoms with van der Waals surface area (Å²) in [6, 6.07) is 7.82. The molecular weight excluding hydrogens is 587 g/mol. The van der Waals surface area contributed by atoms with Crippen LogP contribution in [-0.2, 0) is 19.0 Å². The van der Waals surface area contributed by atoms with Gasteiger partial charge < -0.3 is 24.8 Å². The lowest BCUT2D eigenvalue weighted by atomic mass is 10.1. The van der Waals surface area contributed by atoms with Gasteiger partial charge in [0.2, 0.25) is 6.41 Å². The predicted molar refractivity (Wildman–Crippen MR) is 169 cm³/mol. The number of nitrogens with zero attached hydrogens (tertiary/aromatic N) is 4. The molecule has 2 N–H and O–H groups in total. The van der Waals surface area contributed by atoms with Crippen molar-refractivity contribution in [3.05, 3.63) is 65.2 Å². The molecule has 12 heteroatoms. The minimum absolute atomic E-state index is 0.000827. The molecule has 3 unspecified atom stereocenters. The van der Waals surface area contributed by atoms with Crippen molar-refractivity contribution in [3.8, 4) is 11.8 Å². The van der Waals surface area contributed by atoms with Crippen molar-refractivity contribution in [1.29, 1.82) is 0 Å². The Morgan fingerprint density at radius 1 is 1.14 bits per heavy atom. The van der Waals surface area contributed by atoms with Crippen molar-refractivity contribution in [1.82, 2.24) is 19.8 Å². The number of anilines is 3. The number of hydrogen-bond acceptors (Lipinski definition) is 9. The molecule has 3 fully saturated rings. The Balaban J connectivity index is 0.000000245. The van der Waals surface area contributed by atoms with Gasteiger partial charge in [0.25, 0.3) is 0 Å². The fraction of sp³-hybridized carbons (Fsp3) is 0.406. The molecule has 0 aliphatic carbocycles. The van der Waals surface area contributed by atoms with Crippen molar-refractivity contribution in [2.75, 3.05) is 70.3 Å². The van der Waals surface area contributed by atoms with Gasteiger partial charge in [0, 0.05) is 37.3 Å². The number of hydrogen-bond donors (Lipinski definition) is 2. The van der Waals surface area contributed by atoms with Crippen LogP contribution in [0.25, 0.3) is 10.9 Å². The fourth-order valence-corrected chi connectivity index (χ4v) is 5.32. The highest BCUT2D eigenvalue weighted by atomic mass is 35.5. The summed E-state index contributed by atoms with van der Waals surface area (Å²) in [6.07, 6.45) is 6.92. The number of benzene rings is 2. The number of likely N-dealkylation sites (tertiary alicyclic amines) is 1. The lowest BCUT2D eigenvalue weighted by Gasteiger charge is -2.28. The van der Waals surface area contributed by atoms with Crippen LogP contribution < -0.4 is 10.6 Å². The first-order chi connectivity index (χ1) is 21.4. The van der Waals surface area contributed by atoms with Crippen molar-refractivity contribution in [3.63, 3.8) is 0 Å². The van der Waals surface area contributed by atoms with Crippen LogP contribution in [0.5, 0.6) is 0 Å². The average molecular weight is 623 g/mol. The van der Waals surface area contributed by atoms with Gasteiger partial charge in [0.15, 0.2) is 0 Å². The Morgan fingerprint density at radius 2 is 1.93 bits per heavy atom. The molecule has 3 aliphatic heterocycles. The highest BCUT2D eigenvalue weighted by Crippen LogP contribution is 2.29. The zero-order chi connectivity index (χ0) is 30.9. The third kappa shape index (κ3) is 8.09. The molecule has 232 valence electrons. The van der Waals surface area contributed by atoms with Crippen molar-refractivity contribution in [2.45, 2.75) is 25.2 Å². The topological polar surface area (TPSA) is 101 Å². The molecule has 10 nitrogen and oxygen atoms in total. The SMILES string of the molecule is C/C=C/CN1CC2OCCOC2C1.CN1CCOCC1C#Cc1cc2ncnc(Nc3ccc(F)c(Cl)c3)c2cc1NC=O. The maximum absolute atomic E-state index is 13.5. The van der Waals surface area contributed by atoms with Crippen LogP contribution >= 0.6 is 11.6 Å². The monoisotopic (exact) mass is 622 g/mol. The van der Waals surface area contributed by atoms with Crippen LogP contribution in [0.4, 0.5) is 21.6 Å². The van der Waals surface area contributed by atoms with E-state index in [-0.39, 0.29) is 11.1 Å². The first-order valence-electron chi connectivity index (χ1n) is 14.5. The minimum atomic E-state index is -0.505. The molecule has 0 radical (unpaired) electrons. The van der Waals surface area contributed by atoms with Crippen LogP contribution in [0, 0.1) is 17.7 Å². The Bertz CT molecular complexity index is 1530. The number of amides is 1. The second-order valence-electron chi connectivity index (χ2n) is 10.6. The van der Waals surface area contributed by atoms with E-state index in [0.29, 0.717) is 65.5 Å². The zero-order valence-electron chi connectivity index (χ0n) is 24.8. The van der Waals surface area contributed by atoms with Crippen LogP contribution in [0.2, 0.25) is 5.02 Å². The third-order valence-corrected chi connectivity index (χ3v) is 7.87. The highest BCUT2D eigenvalue weighted by Gasteiger charge is 2.35. The molecule has 0 spiro atoms. The number of nitrogens with one attached hydrogen (secondary N) is 2. The molecule has 1 aromatic heterocycles. The zero-order valence-corrected chi connectivity index (χ0v) is 25.5. The number of ether oxygens (including phenoxy) is 3. The summed E-state index contributed by atoms with van der Waals surface area (Å²) in [5.41, 5.74) is 2.37. The van der Waals surface area contributed by atoms with Crippen LogP contribution in [-0.4, -0.2) is 104 Å². The van der Waals surface area contributed by atoms with E-state index in [4.69, 9.17) is 25.8 Å². The number of morpholine rings is 1. The molecule has 4 heterocycles. The number of allylic oxidation sites excluding steroid dienone is 1. The van der Waals surface area contributed by atoms with E-state index in [2.05, 4.69) is 61.3 Å². The van der Waals surface area contributed by atoms with E-state index >= 15 is 0 Å². The number of likely N-dealkylation sites (N-methyl/N-ethyl adjacent to an activating group) is 1. The molecule has 6 rings (SSSR count). The van der Waals surface area contributed by atoms with Gasteiger partial charge in [0.1, 0.15) is 18.0 Å². The van der Waals surface area contributed by atoms with Gasteiger partial charge in [-0.1, -0.05) is 35.6 Å². The summed E-state index contributed by atoms with van der Waals surface area (Å²) in [6.45, 7) is 8.68. The average Bonchev–Trinajstić information content (AvgIpc) is 3.45. The lowest BCUT2D eigenvalue weighted by Crippen LogP contribution is -2.41. The number of carbonyl (C=O) groups excluding carboxylic acids is 1. The summed E-state index contributed by atoms with van der Waals surface area (Å²) in [5.74, 6) is 6.33. The fourth-order valence-electron chi connectivity index (χ4n) is 5.14. The number of aromatic nitrogens is 2. The summed E-state index contributed by atoms with van der Waals surface area (Å²) in [4.78, 5) is 24.3. The Kier molecular flexibility index (Phi) is 11.1. The molecule has 0 saturated carbocycles. The van der Waals surface area contributed by atoms with Gasteiger partial charge in [-0.25, -0.2) is 14.4 Å². The largest absolute Gasteiger partial charge is 0.377 e. The van der Waals surface area contributed by atoms with Gasteiger partial charge in [0.05, 0.1) is 66.5 Å². The second kappa shape index (κ2) is 15.4. The first kappa shape index (κ1) is 31.8. The molecule has 3 aromatic rings. The maximum Gasteiger partial charge on any atom is 0.211 e. The summed E-state index contributed by atoms with van der Waals surface area (Å²) in [5, 5.41) is 6.47. The van der Waals surface area contributed by atoms with Crippen LogP contribution in [0.1, 0.15) is 12.5 Å². The predicted octanol–water partition coefficient (Wildman–Crippen LogP) is 4.08. The molecule has 44 heavy (non-hydrogen) atoms. The standard InChI is InChI=1S/C22H19ClFN5O2.C10H17NO2/c1-29-6-7-31-11-16(29)4-2-14-8-21-17(10-20(14)27-13-30)22(26-12-25-21)28-15-3-5-19(24)18(23)9-15;1-2-3-4-11-7-9-10(8-11)13-6-5-12-9/h3,5,8-10,12-13,16H,6-7,11H2,1H3,(H,27,30)(H,25,26,28);2-3,9-10H,4-8H2,1H3/b;3-2+. The number of halogens is 2. The van der Waals surface area contributed by atoms with E-state index in [1.165, 1.54) is 18.5 Å². The molecule has 1 amide bonds. The highest BCUT2D eigenvalue weighted by molar-refractivity contribution is 6.31. The van der Waals surface area contributed by atoms with Crippen LogP contribution in [0.15, 0.2) is 48.8 Å². The third-order valence-electron chi connectivity index (χ3n) is 7.58. The second-order valence-corrected chi connectivity index (χ2v) is 11.0. The van der Waals surface area contributed by atoms with Gasteiger partial charge in [-0.05, 0) is 44.3 Å². The molecule has 2 aromatic carbocycles. The van der Waals surface area contributed by atoms with Gasteiger partial charge in [-0.2, -0.15) is 0 Å². The first-order valence-corrected chi connectivity index (χ1v) is 14.9. The van der Waals surface area contributed by atoms with Crippen molar-refractivity contribution in [2.24, 2.45) is 0 Å². The van der Waals surface area contributed by atoms with Crippen LogP contribution in [0.3, 0.4) is 0 Å². The van der Waals surface area contributed by atoms with Gasteiger partial charge in [-0.3, -0.25) is 14.6 Å². The summed E-state index contributed by atoms with van der Waals surface area (Å²) >= 11 is 5.87. The normalized spacial score (nSPS) is 22.0. The summed E-state index contributed by atoms with van der Waals surface area (Å²) < 4.78 is 30.2. The Labute approximate surface area is 261 Å². The van der Waals surface area contributed by atoms with Crippen molar-refractivity contribution < 1.29 is 23.4 Å². The molecule has 3 saturated heterocycles. The summed E-state index contributed by atoms with van der Waals surface area (Å²) in [7, 11) is 2.00.